The Morgan fingerprint density at radius 3 is 2.64 bits per heavy atom. The van der Waals surface area contributed by atoms with Crippen molar-refractivity contribution in [2.45, 2.75) is 0 Å². The van der Waals surface area contributed by atoms with Gasteiger partial charge in [-0.1, -0.05) is 18.2 Å². The van der Waals surface area contributed by atoms with E-state index in [4.69, 9.17) is 0 Å². The highest BCUT2D eigenvalue weighted by molar-refractivity contribution is 9.10. The number of hydrazone groups is 1. The number of aromatic hydroxyl groups is 1. The number of halogens is 1. The molecule has 22 heavy (non-hydrogen) atoms. The van der Waals surface area contributed by atoms with Crippen LogP contribution in [0.2, 0.25) is 0 Å². The van der Waals surface area contributed by atoms with Crippen molar-refractivity contribution in [3.63, 3.8) is 0 Å². The summed E-state index contributed by atoms with van der Waals surface area (Å²) < 4.78 is 0.938. The first kappa shape index (κ1) is 16.0. The summed E-state index contributed by atoms with van der Waals surface area (Å²) in [6, 6.07) is 12.1. The number of para-hydroxylation sites is 1. The summed E-state index contributed by atoms with van der Waals surface area (Å²) >= 11 is 3.49. The third kappa shape index (κ3) is 3.85. The quantitative estimate of drug-likeness (QED) is 0.649. The van der Waals surface area contributed by atoms with Crippen LogP contribution in [0.1, 0.15) is 15.9 Å². The number of phenols is 1. The van der Waals surface area contributed by atoms with E-state index < -0.39 is 5.91 Å². The predicted molar refractivity (Wildman–Crippen MR) is 91.6 cm³/mol. The van der Waals surface area contributed by atoms with E-state index in [0.717, 1.165) is 15.7 Å². The molecule has 0 spiro atoms. The summed E-state index contributed by atoms with van der Waals surface area (Å²) in [6.07, 6.45) is 1.54. The molecule has 0 aromatic heterocycles. The second kappa shape index (κ2) is 7.09. The van der Waals surface area contributed by atoms with Crippen molar-refractivity contribution in [2.75, 3.05) is 19.0 Å². The van der Waals surface area contributed by atoms with Crippen LogP contribution in [-0.4, -0.2) is 31.3 Å². The monoisotopic (exact) mass is 361 g/mol. The minimum absolute atomic E-state index is 0.0757. The maximum absolute atomic E-state index is 11.9. The number of benzene rings is 2. The van der Waals surface area contributed by atoms with Crippen LogP contribution in [0.4, 0.5) is 5.69 Å². The van der Waals surface area contributed by atoms with Gasteiger partial charge in [0.2, 0.25) is 0 Å². The van der Waals surface area contributed by atoms with Crippen molar-refractivity contribution >= 4 is 33.7 Å². The second-order valence-corrected chi connectivity index (χ2v) is 5.68. The Balaban J connectivity index is 2.05. The van der Waals surface area contributed by atoms with Crippen LogP contribution in [0.25, 0.3) is 0 Å². The van der Waals surface area contributed by atoms with E-state index in [0.29, 0.717) is 0 Å². The summed E-state index contributed by atoms with van der Waals surface area (Å²) in [4.78, 5) is 13.9. The third-order valence-electron chi connectivity index (χ3n) is 2.98. The standard InChI is InChI=1S/C16H16BrN3O2/c1-20(2)14-8-7-11(9-13(14)17)10-18-19-16(22)12-5-3-4-6-15(12)21/h3-10,21H,1-2H3,(H,19,22)/b18-10+. The number of carbonyl (C=O) groups excluding carboxylic acids is 1. The van der Waals surface area contributed by atoms with Crippen LogP contribution in [0.3, 0.4) is 0 Å². The van der Waals surface area contributed by atoms with Gasteiger partial charge in [-0.05, 0) is 45.8 Å². The fraction of sp³-hybridized carbons (Fsp3) is 0.125. The van der Waals surface area contributed by atoms with Crippen LogP contribution in [0, 0.1) is 0 Å². The van der Waals surface area contributed by atoms with E-state index in [-0.39, 0.29) is 11.3 Å². The van der Waals surface area contributed by atoms with Crippen molar-refractivity contribution < 1.29 is 9.90 Å². The van der Waals surface area contributed by atoms with Gasteiger partial charge in [0.25, 0.3) is 5.91 Å². The Morgan fingerprint density at radius 2 is 2.00 bits per heavy atom. The molecule has 6 heteroatoms. The molecule has 1 amide bonds. The van der Waals surface area contributed by atoms with Gasteiger partial charge in [0.15, 0.2) is 0 Å². The Kier molecular flexibility index (Phi) is 5.16. The third-order valence-corrected chi connectivity index (χ3v) is 3.62. The largest absolute Gasteiger partial charge is 0.507 e. The van der Waals surface area contributed by atoms with Crippen LogP contribution in [-0.2, 0) is 0 Å². The normalized spacial score (nSPS) is 10.7. The maximum atomic E-state index is 11.9. The van der Waals surface area contributed by atoms with Crippen molar-refractivity contribution in [3.05, 3.63) is 58.1 Å². The van der Waals surface area contributed by atoms with Crippen molar-refractivity contribution in [1.82, 2.24) is 5.43 Å². The number of anilines is 1. The molecule has 0 saturated heterocycles. The SMILES string of the molecule is CN(C)c1ccc(/C=N/NC(=O)c2ccccc2O)cc1Br. The van der Waals surface area contributed by atoms with E-state index in [1.807, 2.05) is 37.2 Å². The smallest absolute Gasteiger partial charge is 0.275 e. The minimum Gasteiger partial charge on any atom is -0.507 e. The van der Waals surface area contributed by atoms with Crippen LogP contribution >= 0.6 is 15.9 Å². The molecular formula is C16H16BrN3O2. The molecule has 114 valence electrons. The predicted octanol–water partition coefficient (Wildman–Crippen LogP) is 2.98. The molecule has 0 fully saturated rings. The summed E-state index contributed by atoms with van der Waals surface area (Å²) in [5.41, 5.74) is 4.47. The summed E-state index contributed by atoms with van der Waals surface area (Å²) in [6.45, 7) is 0. The van der Waals surface area contributed by atoms with E-state index in [1.165, 1.54) is 12.1 Å². The minimum atomic E-state index is -0.460. The zero-order valence-electron chi connectivity index (χ0n) is 12.2. The molecular weight excluding hydrogens is 346 g/mol. The van der Waals surface area contributed by atoms with E-state index in [2.05, 4.69) is 26.5 Å². The molecule has 0 radical (unpaired) electrons. The van der Waals surface area contributed by atoms with Gasteiger partial charge >= 0.3 is 0 Å². The summed E-state index contributed by atoms with van der Waals surface area (Å²) in [5.74, 6) is -0.536. The van der Waals surface area contributed by atoms with Crippen LogP contribution in [0.5, 0.6) is 5.75 Å². The molecule has 0 aliphatic carbocycles. The maximum Gasteiger partial charge on any atom is 0.275 e. The van der Waals surface area contributed by atoms with Gasteiger partial charge in [-0.25, -0.2) is 5.43 Å². The number of phenolic OH excluding ortho intramolecular Hbond substituents is 1. The lowest BCUT2D eigenvalue weighted by molar-refractivity contribution is 0.0952. The molecule has 0 saturated carbocycles. The fourth-order valence-electron chi connectivity index (χ4n) is 1.86. The van der Waals surface area contributed by atoms with Gasteiger partial charge in [-0.15, -0.1) is 0 Å². The summed E-state index contributed by atoms with van der Waals surface area (Å²) in [5, 5.41) is 13.5. The van der Waals surface area contributed by atoms with E-state index >= 15 is 0 Å². The average molecular weight is 362 g/mol. The van der Waals surface area contributed by atoms with E-state index in [9.17, 15) is 9.90 Å². The highest BCUT2D eigenvalue weighted by Gasteiger charge is 2.08. The molecule has 5 nitrogen and oxygen atoms in total. The zero-order valence-corrected chi connectivity index (χ0v) is 13.8. The molecule has 2 N–H and O–H groups in total. The molecule has 0 unspecified atom stereocenters. The first-order valence-electron chi connectivity index (χ1n) is 6.57. The van der Waals surface area contributed by atoms with Gasteiger partial charge in [0, 0.05) is 18.6 Å². The number of nitrogens with one attached hydrogen (secondary N) is 1. The molecule has 2 rings (SSSR count). The molecule has 2 aromatic rings. The Bertz CT molecular complexity index is 714. The van der Waals surface area contributed by atoms with Gasteiger partial charge in [0.05, 0.1) is 17.5 Å². The molecule has 0 bridgehead atoms. The highest BCUT2D eigenvalue weighted by atomic mass is 79.9. The lowest BCUT2D eigenvalue weighted by Crippen LogP contribution is -2.17. The van der Waals surface area contributed by atoms with Gasteiger partial charge in [-0.2, -0.15) is 5.10 Å². The number of amides is 1. The first-order valence-corrected chi connectivity index (χ1v) is 7.36. The highest BCUT2D eigenvalue weighted by Crippen LogP contribution is 2.25. The molecule has 0 aliphatic heterocycles. The number of carbonyl (C=O) groups is 1. The number of nitrogens with zero attached hydrogens (tertiary/aromatic N) is 2. The number of hydrogen-bond acceptors (Lipinski definition) is 4. The van der Waals surface area contributed by atoms with Gasteiger partial charge in [0.1, 0.15) is 5.75 Å². The van der Waals surface area contributed by atoms with Crippen molar-refractivity contribution in [1.29, 1.82) is 0 Å². The fourth-order valence-corrected chi connectivity index (χ4v) is 2.61. The second-order valence-electron chi connectivity index (χ2n) is 4.82. The Morgan fingerprint density at radius 1 is 1.27 bits per heavy atom. The Hall–Kier alpha value is -2.34. The number of rotatable bonds is 4. The van der Waals surface area contributed by atoms with Crippen molar-refractivity contribution in [3.8, 4) is 5.75 Å². The first-order chi connectivity index (χ1) is 10.5. The molecule has 0 heterocycles. The van der Waals surface area contributed by atoms with Gasteiger partial charge < -0.3 is 10.0 Å². The van der Waals surface area contributed by atoms with Crippen LogP contribution in [0.15, 0.2) is 52.0 Å². The lowest BCUT2D eigenvalue weighted by atomic mass is 10.2. The molecule has 0 aliphatic rings. The summed E-state index contributed by atoms with van der Waals surface area (Å²) in [7, 11) is 3.92. The lowest BCUT2D eigenvalue weighted by Gasteiger charge is -2.14. The zero-order chi connectivity index (χ0) is 16.1. The topological polar surface area (TPSA) is 64.9 Å². The van der Waals surface area contributed by atoms with Crippen molar-refractivity contribution in [2.24, 2.45) is 5.10 Å². The van der Waals surface area contributed by atoms with Gasteiger partial charge in [-0.3, -0.25) is 4.79 Å². The number of hydrogen-bond donors (Lipinski definition) is 2. The Labute approximate surface area is 137 Å². The average Bonchev–Trinajstić information content (AvgIpc) is 2.47. The molecule has 0 atom stereocenters. The van der Waals surface area contributed by atoms with E-state index in [1.54, 1.807) is 18.3 Å². The molecule has 2 aromatic carbocycles. The van der Waals surface area contributed by atoms with Crippen LogP contribution < -0.4 is 10.3 Å².